The number of piperazine rings is 1. The van der Waals surface area contributed by atoms with Crippen molar-refractivity contribution in [1.82, 2.24) is 9.97 Å². The first-order valence-electron chi connectivity index (χ1n) is 9.41. The number of ether oxygens (including phenoxy) is 1. The van der Waals surface area contributed by atoms with E-state index in [4.69, 9.17) is 15.0 Å². The van der Waals surface area contributed by atoms with Crippen LogP contribution in [0.4, 0.5) is 17.5 Å². The lowest BCUT2D eigenvalue weighted by atomic mass is 10.2. The van der Waals surface area contributed by atoms with Crippen LogP contribution in [0.2, 0.25) is 0 Å². The Morgan fingerprint density at radius 1 is 0.926 bits per heavy atom. The van der Waals surface area contributed by atoms with Gasteiger partial charge in [-0.15, -0.1) is 0 Å². The average molecular weight is 364 g/mol. The van der Waals surface area contributed by atoms with Crippen LogP contribution in [0.15, 0.2) is 30.3 Å². The molecule has 0 N–H and O–H groups in total. The van der Waals surface area contributed by atoms with E-state index >= 15 is 0 Å². The highest BCUT2D eigenvalue weighted by molar-refractivity contribution is 5.53. The maximum Gasteiger partial charge on any atom is 0.227 e. The summed E-state index contributed by atoms with van der Waals surface area (Å²) in [5, 5.41) is 9.11. The fourth-order valence-electron chi connectivity index (χ4n) is 3.57. The number of aromatic nitrogens is 2. The Balaban J connectivity index is 1.46. The molecule has 1 aromatic heterocycles. The Labute approximate surface area is 159 Å². The number of hydrogen-bond acceptors (Lipinski definition) is 7. The number of morpholine rings is 1. The first-order chi connectivity index (χ1) is 13.2. The van der Waals surface area contributed by atoms with E-state index in [1.807, 2.05) is 25.1 Å². The zero-order valence-electron chi connectivity index (χ0n) is 15.6. The van der Waals surface area contributed by atoms with E-state index in [9.17, 15) is 0 Å². The van der Waals surface area contributed by atoms with E-state index < -0.39 is 0 Å². The molecule has 4 rings (SSSR count). The summed E-state index contributed by atoms with van der Waals surface area (Å²) in [6.07, 6.45) is 0. The molecule has 0 saturated carbocycles. The number of nitrogens with zero attached hydrogens (tertiary/aromatic N) is 6. The van der Waals surface area contributed by atoms with Crippen LogP contribution in [-0.4, -0.2) is 62.5 Å². The van der Waals surface area contributed by atoms with Crippen LogP contribution in [-0.2, 0) is 4.74 Å². The van der Waals surface area contributed by atoms with Crippen molar-refractivity contribution in [1.29, 1.82) is 5.26 Å². The maximum absolute atomic E-state index is 9.11. The summed E-state index contributed by atoms with van der Waals surface area (Å²) in [4.78, 5) is 16.3. The molecule has 0 spiro atoms. The standard InChI is InChI=1S/C20H24N6O/c1-16-13-19(25-9-11-27-12-10-25)23-20(22-16)26-7-5-24(6-8-26)18-4-2-3-17(14-18)15-21/h2-4,13-14H,5-12H2,1H3. The second-order valence-corrected chi connectivity index (χ2v) is 6.90. The summed E-state index contributed by atoms with van der Waals surface area (Å²) in [5.41, 5.74) is 2.80. The zero-order chi connectivity index (χ0) is 18.6. The molecule has 0 atom stereocenters. The highest BCUT2D eigenvalue weighted by Crippen LogP contribution is 2.22. The average Bonchev–Trinajstić information content (AvgIpc) is 2.74. The highest BCUT2D eigenvalue weighted by atomic mass is 16.5. The molecular weight excluding hydrogens is 340 g/mol. The molecule has 1 aromatic carbocycles. The third-order valence-corrected chi connectivity index (χ3v) is 5.07. The molecule has 3 heterocycles. The van der Waals surface area contributed by atoms with Gasteiger partial charge in [0.1, 0.15) is 5.82 Å². The van der Waals surface area contributed by atoms with Gasteiger partial charge < -0.3 is 19.4 Å². The van der Waals surface area contributed by atoms with Crippen molar-refractivity contribution in [3.05, 3.63) is 41.6 Å². The van der Waals surface area contributed by atoms with Gasteiger partial charge in [0.05, 0.1) is 24.8 Å². The van der Waals surface area contributed by atoms with Crippen LogP contribution in [0.1, 0.15) is 11.3 Å². The minimum atomic E-state index is 0.701. The molecule has 0 radical (unpaired) electrons. The van der Waals surface area contributed by atoms with Crippen LogP contribution in [0.3, 0.4) is 0 Å². The van der Waals surface area contributed by atoms with Gasteiger partial charge in [0.15, 0.2) is 0 Å². The first-order valence-corrected chi connectivity index (χ1v) is 9.41. The molecule has 140 valence electrons. The lowest BCUT2D eigenvalue weighted by molar-refractivity contribution is 0.122. The summed E-state index contributed by atoms with van der Waals surface area (Å²) in [7, 11) is 0. The molecule has 2 fully saturated rings. The van der Waals surface area contributed by atoms with Gasteiger partial charge in [0, 0.05) is 56.7 Å². The molecule has 2 aliphatic heterocycles. The molecule has 2 aliphatic rings. The largest absolute Gasteiger partial charge is 0.378 e. The van der Waals surface area contributed by atoms with Crippen molar-refractivity contribution >= 4 is 17.5 Å². The van der Waals surface area contributed by atoms with Gasteiger partial charge in [-0.25, -0.2) is 4.98 Å². The minimum absolute atomic E-state index is 0.701. The van der Waals surface area contributed by atoms with E-state index in [0.717, 1.165) is 75.6 Å². The van der Waals surface area contributed by atoms with Crippen molar-refractivity contribution in [2.24, 2.45) is 0 Å². The van der Waals surface area contributed by atoms with E-state index in [2.05, 4.69) is 37.9 Å². The molecule has 0 aliphatic carbocycles. The number of anilines is 3. The number of aryl methyl sites for hydroxylation is 1. The van der Waals surface area contributed by atoms with E-state index in [1.165, 1.54) is 0 Å². The lowest BCUT2D eigenvalue weighted by Crippen LogP contribution is -2.47. The van der Waals surface area contributed by atoms with Crippen LogP contribution in [0, 0.1) is 18.3 Å². The predicted molar refractivity (Wildman–Crippen MR) is 105 cm³/mol. The smallest absolute Gasteiger partial charge is 0.227 e. The molecule has 27 heavy (non-hydrogen) atoms. The molecule has 2 aromatic rings. The second-order valence-electron chi connectivity index (χ2n) is 6.90. The van der Waals surface area contributed by atoms with Gasteiger partial charge in [0.2, 0.25) is 5.95 Å². The predicted octanol–water partition coefficient (Wildman–Crippen LogP) is 1.82. The SMILES string of the molecule is Cc1cc(N2CCOCC2)nc(N2CCN(c3cccc(C#N)c3)CC2)n1. The first kappa shape index (κ1) is 17.6. The van der Waals surface area contributed by atoms with E-state index in [-0.39, 0.29) is 0 Å². The molecule has 0 amide bonds. The normalized spacial score (nSPS) is 17.7. The second kappa shape index (κ2) is 7.80. The van der Waals surface area contributed by atoms with Crippen molar-refractivity contribution in [2.75, 3.05) is 67.2 Å². The Hall–Kier alpha value is -2.85. The van der Waals surface area contributed by atoms with Gasteiger partial charge in [-0.2, -0.15) is 10.2 Å². The number of benzene rings is 1. The van der Waals surface area contributed by atoms with Gasteiger partial charge >= 0.3 is 0 Å². The summed E-state index contributed by atoms with van der Waals surface area (Å²) in [5.74, 6) is 1.80. The molecule has 0 unspecified atom stereocenters. The zero-order valence-corrected chi connectivity index (χ0v) is 15.6. The summed E-state index contributed by atoms with van der Waals surface area (Å²) in [6.45, 7) is 8.78. The van der Waals surface area contributed by atoms with Crippen molar-refractivity contribution < 1.29 is 4.74 Å². The van der Waals surface area contributed by atoms with Crippen molar-refractivity contribution in [3.63, 3.8) is 0 Å². The third-order valence-electron chi connectivity index (χ3n) is 5.07. The van der Waals surface area contributed by atoms with Crippen LogP contribution >= 0.6 is 0 Å². The molecule has 7 heteroatoms. The lowest BCUT2D eigenvalue weighted by Gasteiger charge is -2.36. The summed E-state index contributed by atoms with van der Waals surface area (Å²) in [6, 6.07) is 12.1. The van der Waals surface area contributed by atoms with Gasteiger partial charge in [-0.05, 0) is 25.1 Å². The number of hydrogen-bond donors (Lipinski definition) is 0. The Morgan fingerprint density at radius 2 is 1.67 bits per heavy atom. The number of rotatable bonds is 3. The summed E-state index contributed by atoms with van der Waals surface area (Å²) >= 11 is 0. The maximum atomic E-state index is 9.11. The Morgan fingerprint density at radius 3 is 2.41 bits per heavy atom. The van der Waals surface area contributed by atoms with Crippen molar-refractivity contribution in [2.45, 2.75) is 6.92 Å². The fraction of sp³-hybridized carbons (Fsp3) is 0.450. The Bertz CT molecular complexity index is 835. The van der Waals surface area contributed by atoms with E-state index in [1.54, 1.807) is 0 Å². The molecule has 7 nitrogen and oxygen atoms in total. The summed E-state index contributed by atoms with van der Waals surface area (Å²) < 4.78 is 5.45. The molecule has 0 bridgehead atoms. The topological polar surface area (TPSA) is 68.5 Å². The minimum Gasteiger partial charge on any atom is -0.378 e. The highest BCUT2D eigenvalue weighted by Gasteiger charge is 2.21. The Kier molecular flexibility index (Phi) is 5.07. The van der Waals surface area contributed by atoms with Crippen LogP contribution < -0.4 is 14.7 Å². The molecule has 2 saturated heterocycles. The molecular formula is C20H24N6O. The quantitative estimate of drug-likeness (QED) is 0.823. The van der Waals surface area contributed by atoms with Gasteiger partial charge in [0.25, 0.3) is 0 Å². The van der Waals surface area contributed by atoms with Gasteiger partial charge in [-0.3, -0.25) is 0 Å². The van der Waals surface area contributed by atoms with Crippen molar-refractivity contribution in [3.8, 4) is 6.07 Å². The van der Waals surface area contributed by atoms with Crippen LogP contribution in [0.5, 0.6) is 0 Å². The fourth-order valence-corrected chi connectivity index (χ4v) is 3.57. The third kappa shape index (κ3) is 3.96. The van der Waals surface area contributed by atoms with Crippen LogP contribution in [0.25, 0.3) is 0 Å². The monoisotopic (exact) mass is 364 g/mol. The van der Waals surface area contributed by atoms with Gasteiger partial charge in [-0.1, -0.05) is 6.07 Å². The van der Waals surface area contributed by atoms with E-state index in [0.29, 0.717) is 5.56 Å². The number of nitriles is 1.